The highest BCUT2D eigenvalue weighted by Crippen LogP contribution is 2.34. The van der Waals surface area contributed by atoms with E-state index in [1.54, 1.807) is 0 Å². The molecular weight excluding hydrogens is 264 g/mol. The zero-order valence-electron chi connectivity index (χ0n) is 8.19. The van der Waals surface area contributed by atoms with Crippen LogP contribution in [-0.4, -0.2) is 0 Å². The lowest BCUT2D eigenvalue weighted by Crippen LogP contribution is -2.14. The first-order chi connectivity index (χ1) is 7.11. The topological polar surface area (TPSA) is 26.0 Å². The molecule has 0 aliphatic heterocycles. The molecular formula is C11H12BrF2N. The number of benzene rings is 1. The van der Waals surface area contributed by atoms with Gasteiger partial charge in [0.05, 0.1) is 4.47 Å². The normalized spacial score (nSPS) is 20.9. The second-order valence-corrected chi connectivity index (χ2v) is 4.75. The van der Waals surface area contributed by atoms with Crippen molar-refractivity contribution in [1.29, 1.82) is 0 Å². The van der Waals surface area contributed by atoms with Crippen molar-refractivity contribution in [3.63, 3.8) is 0 Å². The van der Waals surface area contributed by atoms with Gasteiger partial charge in [-0.15, -0.1) is 0 Å². The summed E-state index contributed by atoms with van der Waals surface area (Å²) in [7, 11) is 0. The van der Waals surface area contributed by atoms with Gasteiger partial charge in [-0.1, -0.05) is 6.42 Å². The van der Waals surface area contributed by atoms with Crippen LogP contribution in [0.2, 0.25) is 0 Å². The van der Waals surface area contributed by atoms with Crippen LogP contribution in [0.3, 0.4) is 0 Å². The van der Waals surface area contributed by atoms with E-state index in [0.29, 0.717) is 17.5 Å². The van der Waals surface area contributed by atoms with E-state index in [9.17, 15) is 8.78 Å². The van der Waals surface area contributed by atoms with Gasteiger partial charge in [-0.3, -0.25) is 0 Å². The Balaban J connectivity index is 2.63. The minimum atomic E-state index is -0.402. The Bertz CT molecular complexity index is 393. The fourth-order valence-corrected chi connectivity index (χ4v) is 2.52. The minimum absolute atomic E-state index is 0.163. The van der Waals surface area contributed by atoms with Gasteiger partial charge in [0, 0.05) is 11.6 Å². The van der Waals surface area contributed by atoms with Crippen LogP contribution in [0.25, 0.3) is 0 Å². The molecule has 1 nitrogen and oxygen atoms in total. The standard InChI is InChI=1S/C11H12BrF2N/c12-7-5-8(13)6-3-1-2-4-9(15)10(6)11(7)14/h5,9H,1-4,15H2. The van der Waals surface area contributed by atoms with Crippen molar-refractivity contribution in [3.05, 3.63) is 33.3 Å². The summed E-state index contributed by atoms with van der Waals surface area (Å²) in [4.78, 5) is 0. The third kappa shape index (κ3) is 1.93. The second-order valence-electron chi connectivity index (χ2n) is 3.90. The molecule has 2 N–H and O–H groups in total. The first-order valence-electron chi connectivity index (χ1n) is 5.03. The molecule has 0 bridgehead atoms. The monoisotopic (exact) mass is 275 g/mol. The summed E-state index contributed by atoms with van der Waals surface area (Å²) in [6.45, 7) is 0. The summed E-state index contributed by atoms with van der Waals surface area (Å²) < 4.78 is 27.6. The lowest BCUT2D eigenvalue weighted by molar-refractivity contribution is 0.542. The van der Waals surface area contributed by atoms with E-state index in [0.717, 1.165) is 19.3 Å². The Morgan fingerprint density at radius 2 is 2.07 bits per heavy atom. The van der Waals surface area contributed by atoms with Crippen LogP contribution in [0.4, 0.5) is 8.78 Å². The molecule has 1 aromatic rings. The number of fused-ring (bicyclic) bond motifs is 1. The molecule has 0 saturated carbocycles. The highest BCUT2D eigenvalue weighted by molar-refractivity contribution is 9.10. The SMILES string of the molecule is NC1CCCCc2c(F)cc(Br)c(F)c21. The predicted octanol–water partition coefficient (Wildman–Crippen LogP) is 3.45. The van der Waals surface area contributed by atoms with Gasteiger partial charge in [-0.25, -0.2) is 8.78 Å². The van der Waals surface area contributed by atoms with Crippen molar-refractivity contribution in [1.82, 2.24) is 0 Å². The number of rotatable bonds is 0. The van der Waals surface area contributed by atoms with Crippen LogP contribution < -0.4 is 5.73 Å². The largest absolute Gasteiger partial charge is 0.324 e. The van der Waals surface area contributed by atoms with E-state index in [4.69, 9.17) is 5.73 Å². The molecule has 1 aliphatic rings. The maximum atomic E-state index is 13.8. The minimum Gasteiger partial charge on any atom is -0.324 e. The van der Waals surface area contributed by atoms with E-state index in [1.807, 2.05) is 0 Å². The van der Waals surface area contributed by atoms with Crippen LogP contribution in [-0.2, 0) is 6.42 Å². The van der Waals surface area contributed by atoms with E-state index >= 15 is 0 Å². The molecule has 4 heteroatoms. The third-order valence-corrected chi connectivity index (χ3v) is 3.45. The molecule has 1 unspecified atom stereocenters. The van der Waals surface area contributed by atoms with Crippen LogP contribution in [0.1, 0.15) is 36.4 Å². The zero-order chi connectivity index (χ0) is 11.0. The lowest BCUT2D eigenvalue weighted by Gasteiger charge is -2.15. The molecule has 0 spiro atoms. The smallest absolute Gasteiger partial charge is 0.142 e. The average molecular weight is 276 g/mol. The summed E-state index contributed by atoms with van der Waals surface area (Å²) in [5.41, 5.74) is 6.68. The average Bonchev–Trinajstić information content (AvgIpc) is 2.37. The van der Waals surface area contributed by atoms with Crippen LogP contribution >= 0.6 is 15.9 Å². The van der Waals surface area contributed by atoms with Gasteiger partial charge in [-0.05, 0) is 46.8 Å². The number of hydrogen-bond acceptors (Lipinski definition) is 1. The Kier molecular flexibility index (Phi) is 3.07. The number of nitrogens with two attached hydrogens (primary N) is 1. The van der Waals surface area contributed by atoms with Crippen molar-refractivity contribution >= 4 is 15.9 Å². The lowest BCUT2D eigenvalue weighted by atomic mass is 9.98. The van der Waals surface area contributed by atoms with Gasteiger partial charge in [0.15, 0.2) is 0 Å². The summed E-state index contributed by atoms with van der Waals surface area (Å²) >= 11 is 3.01. The van der Waals surface area contributed by atoms with E-state index < -0.39 is 5.82 Å². The molecule has 15 heavy (non-hydrogen) atoms. The predicted molar refractivity (Wildman–Crippen MR) is 58.5 cm³/mol. The Labute approximate surface area is 95.8 Å². The van der Waals surface area contributed by atoms with Crippen LogP contribution in [0.15, 0.2) is 10.5 Å². The first-order valence-corrected chi connectivity index (χ1v) is 5.82. The van der Waals surface area contributed by atoms with Gasteiger partial charge in [0.2, 0.25) is 0 Å². The van der Waals surface area contributed by atoms with Gasteiger partial charge in [0.25, 0.3) is 0 Å². The van der Waals surface area contributed by atoms with Gasteiger partial charge < -0.3 is 5.73 Å². The molecule has 0 aromatic heterocycles. The zero-order valence-corrected chi connectivity index (χ0v) is 9.78. The van der Waals surface area contributed by atoms with Crippen molar-refractivity contribution < 1.29 is 8.78 Å². The summed E-state index contributed by atoms with van der Waals surface area (Å²) in [5.74, 6) is -0.753. The molecule has 0 heterocycles. The first kappa shape index (κ1) is 11.0. The highest BCUT2D eigenvalue weighted by atomic mass is 79.9. The molecule has 82 valence electrons. The van der Waals surface area contributed by atoms with Crippen LogP contribution in [0.5, 0.6) is 0 Å². The molecule has 2 rings (SSSR count). The Morgan fingerprint density at radius 3 is 2.80 bits per heavy atom. The molecule has 0 amide bonds. The summed E-state index contributed by atoms with van der Waals surface area (Å²) in [6, 6.07) is 0.807. The highest BCUT2D eigenvalue weighted by Gasteiger charge is 2.24. The van der Waals surface area contributed by atoms with E-state index in [-0.39, 0.29) is 16.3 Å². The second kappa shape index (κ2) is 4.18. The van der Waals surface area contributed by atoms with Gasteiger partial charge in [-0.2, -0.15) is 0 Å². The van der Waals surface area contributed by atoms with Gasteiger partial charge >= 0.3 is 0 Å². The molecule has 1 atom stereocenters. The van der Waals surface area contributed by atoms with Crippen molar-refractivity contribution in [2.24, 2.45) is 5.73 Å². The molecule has 0 saturated heterocycles. The molecule has 1 aliphatic carbocycles. The molecule has 0 fully saturated rings. The van der Waals surface area contributed by atoms with E-state index in [1.165, 1.54) is 6.07 Å². The quantitative estimate of drug-likeness (QED) is 0.570. The fourth-order valence-electron chi connectivity index (χ4n) is 2.10. The third-order valence-electron chi connectivity index (χ3n) is 2.88. The summed E-state index contributed by atoms with van der Waals surface area (Å²) in [5, 5.41) is 0. The van der Waals surface area contributed by atoms with E-state index in [2.05, 4.69) is 15.9 Å². The Hall–Kier alpha value is -0.480. The Morgan fingerprint density at radius 1 is 1.33 bits per heavy atom. The molecule has 1 aromatic carbocycles. The van der Waals surface area contributed by atoms with Gasteiger partial charge in [0.1, 0.15) is 11.6 Å². The van der Waals surface area contributed by atoms with Crippen LogP contribution in [0, 0.1) is 11.6 Å². The van der Waals surface area contributed by atoms with Crippen molar-refractivity contribution in [2.45, 2.75) is 31.7 Å². The van der Waals surface area contributed by atoms with Crippen molar-refractivity contribution in [3.8, 4) is 0 Å². The molecule has 0 radical (unpaired) electrons. The van der Waals surface area contributed by atoms with Crippen molar-refractivity contribution in [2.75, 3.05) is 0 Å². The number of halogens is 3. The maximum Gasteiger partial charge on any atom is 0.142 e. The maximum absolute atomic E-state index is 13.8. The summed E-state index contributed by atoms with van der Waals surface area (Å²) in [6.07, 6.45) is 3.10. The number of hydrogen-bond donors (Lipinski definition) is 1. The fraction of sp³-hybridized carbons (Fsp3) is 0.455.